The van der Waals surface area contributed by atoms with E-state index in [1.165, 1.54) is 12.5 Å². The fourth-order valence-corrected chi connectivity index (χ4v) is 2.30. The third-order valence-electron chi connectivity index (χ3n) is 3.26. The highest BCUT2D eigenvalue weighted by molar-refractivity contribution is 5.88. The van der Waals surface area contributed by atoms with Crippen molar-refractivity contribution in [2.24, 2.45) is 5.92 Å². The van der Waals surface area contributed by atoms with Crippen LogP contribution in [0.5, 0.6) is 0 Å². The van der Waals surface area contributed by atoms with Gasteiger partial charge in [0.1, 0.15) is 11.9 Å². The van der Waals surface area contributed by atoms with E-state index in [1.54, 1.807) is 0 Å². The van der Waals surface area contributed by atoms with E-state index in [0.717, 1.165) is 25.8 Å². The molecule has 0 aromatic carbocycles. The molecule has 98 valence electrons. The summed E-state index contributed by atoms with van der Waals surface area (Å²) in [6.07, 6.45) is 5.19. The minimum atomic E-state index is -1.01. The SMILES string of the molecule is O=C(O)c1cncnc1CNCC1CCC(O)C1. The average Bonchev–Trinajstić information content (AvgIpc) is 2.75. The summed E-state index contributed by atoms with van der Waals surface area (Å²) in [5, 5.41) is 21.6. The van der Waals surface area contributed by atoms with Gasteiger partial charge in [0, 0.05) is 12.7 Å². The van der Waals surface area contributed by atoms with E-state index < -0.39 is 5.97 Å². The van der Waals surface area contributed by atoms with Crippen LogP contribution in [0.2, 0.25) is 0 Å². The molecule has 2 atom stereocenters. The van der Waals surface area contributed by atoms with Crippen LogP contribution in [0.15, 0.2) is 12.5 Å². The van der Waals surface area contributed by atoms with Gasteiger partial charge in [0.15, 0.2) is 0 Å². The van der Waals surface area contributed by atoms with Crippen LogP contribution in [0.25, 0.3) is 0 Å². The molecule has 6 heteroatoms. The maximum absolute atomic E-state index is 10.9. The van der Waals surface area contributed by atoms with E-state index in [-0.39, 0.29) is 11.7 Å². The van der Waals surface area contributed by atoms with Crippen molar-refractivity contribution in [3.8, 4) is 0 Å². The lowest BCUT2D eigenvalue weighted by atomic mass is 10.1. The van der Waals surface area contributed by atoms with Crippen LogP contribution in [-0.2, 0) is 6.54 Å². The van der Waals surface area contributed by atoms with E-state index >= 15 is 0 Å². The molecule has 0 spiro atoms. The molecule has 3 N–H and O–H groups in total. The van der Waals surface area contributed by atoms with Gasteiger partial charge in [-0.3, -0.25) is 0 Å². The number of aliphatic hydroxyl groups excluding tert-OH is 1. The van der Waals surface area contributed by atoms with Gasteiger partial charge in [-0.25, -0.2) is 14.8 Å². The Morgan fingerprint density at radius 3 is 3.00 bits per heavy atom. The number of hydrogen-bond acceptors (Lipinski definition) is 5. The van der Waals surface area contributed by atoms with Gasteiger partial charge in [-0.1, -0.05) is 0 Å². The van der Waals surface area contributed by atoms with Crippen LogP contribution < -0.4 is 5.32 Å². The molecule has 2 rings (SSSR count). The minimum absolute atomic E-state index is 0.136. The third kappa shape index (κ3) is 3.24. The first-order valence-electron chi connectivity index (χ1n) is 6.07. The van der Waals surface area contributed by atoms with E-state index in [4.69, 9.17) is 5.11 Å². The molecule has 1 aromatic rings. The molecule has 0 saturated heterocycles. The van der Waals surface area contributed by atoms with Gasteiger partial charge >= 0.3 is 5.97 Å². The van der Waals surface area contributed by atoms with Crippen molar-refractivity contribution in [2.45, 2.75) is 31.9 Å². The second kappa shape index (κ2) is 5.88. The predicted molar refractivity (Wildman–Crippen MR) is 64.0 cm³/mol. The summed E-state index contributed by atoms with van der Waals surface area (Å²) in [4.78, 5) is 18.6. The van der Waals surface area contributed by atoms with Gasteiger partial charge < -0.3 is 15.5 Å². The molecule has 1 heterocycles. The molecule has 1 aliphatic carbocycles. The summed E-state index contributed by atoms with van der Waals surface area (Å²) in [5.41, 5.74) is 0.632. The molecular formula is C12H17N3O3. The molecule has 0 amide bonds. The van der Waals surface area contributed by atoms with E-state index in [1.807, 2.05) is 0 Å². The number of carboxylic acid groups (broad SMARTS) is 1. The van der Waals surface area contributed by atoms with Gasteiger partial charge in [-0.2, -0.15) is 0 Å². The molecule has 1 aromatic heterocycles. The zero-order chi connectivity index (χ0) is 13.0. The number of carboxylic acids is 1. The molecule has 1 saturated carbocycles. The van der Waals surface area contributed by atoms with E-state index in [9.17, 15) is 9.90 Å². The minimum Gasteiger partial charge on any atom is -0.478 e. The van der Waals surface area contributed by atoms with Gasteiger partial charge in [-0.15, -0.1) is 0 Å². The highest BCUT2D eigenvalue weighted by Crippen LogP contribution is 2.24. The number of aromatic carboxylic acids is 1. The second-order valence-electron chi connectivity index (χ2n) is 4.65. The third-order valence-corrected chi connectivity index (χ3v) is 3.26. The molecule has 0 radical (unpaired) electrons. The second-order valence-corrected chi connectivity index (χ2v) is 4.65. The summed E-state index contributed by atoms with van der Waals surface area (Å²) < 4.78 is 0. The fraction of sp³-hybridized carbons (Fsp3) is 0.583. The summed E-state index contributed by atoms with van der Waals surface area (Å²) >= 11 is 0. The van der Waals surface area contributed by atoms with Gasteiger partial charge in [0.2, 0.25) is 0 Å². The topological polar surface area (TPSA) is 95.3 Å². The number of rotatable bonds is 5. The van der Waals surface area contributed by atoms with Crippen molar-refractivity contribution in [2.75, 3.05) is 6.54 Å². The first-order valence-corrected chi connectivity index (χ1v) is 6.07. The first-order chi connectivity index (χ1) is 8.66. The Morgan fingerprint density at radius 2 is 2.33 bits per heavy atom. The fourth-order valence-electron chi connectivity index (χ4n) is 2.30. The Balaban J connectivity index is 1.85. The van der Waals surface area contributed by atoms with Crippen molar-refractivity contribution in [3.63, 3.8) is 0 Å². The van der Waals surface area contributed by atoms with E-state index in [2.05, 4.69) is 15.3 Å². The van der Waals surface area contributed by atoms with Crippen molar-refractivity contribution < 1.29 is 15.0 Å². The Morgan fingerprint density at radius 1 is 1.50 bits per heavy atom. The smallest absolute Gasteiger partial charge is 0.339 e. The maximum atomic E-state index is 10.9. The van der Waals surface area contributed by atoms with Crippen molar-refractivity contribution in [1.82, 2.24) is 15.3 Å². The number of nitrogens with zero attached hydrogens (tertiary/aromatic N) is 2. The average molecular weight is 251 g/mol. The number of nitrogens with one attached hydrogen (secondary N) is 1. The summed E-state index contributed by atoms with van der Waals surface area (Å²) in [7, 11) is 0. The van der Waals surface area contributed by atoms with Gasteiger partial charge in [0.05, 0.1) is 11.8 Å². The highest BCUT2D eigenvalue weighted by atomic mass is 16.4. The quantitative estimate of drug-likeness (QED) is 0.702. The van der Waals surface area contributed by atoms with Gasteiger partial charge in [0.25, 0.3) is 0 Å². The number of hydrogen-bond donors (Lipinski definition) is 3. The van der Waals surface area contributed by atoms with Crippen molar-refractivity contribution in [1.29, 1.82) is 0 Å². The molecular weight excluding hydrogens is 234 g/mol. The zero-order valence-electron chi connectivity index (χ0n) is 10.0. The van der Waals surface area contributed by atoms with Crippen molar-refractivity contribution >= 4 is 5.97 Å². The van der Waals surface area contributed by atoms with Crippen LogP contribution >= 0.6 is 0 Å². The summed E-state index contributed by atoms with van der Waals surface area (Å²) in [6.45, 7) is 1.19. The van der Waals surface area contributed by atoms with Crippen LogP contribution in [0.3, 0.4) is 0 Å². The van der Waals surface area contributed by atoms with Crippen LogP contribution in [0.1, 0.15) is 35.3 Å². The summed E-state index contributed by atoms with van der Waals surface area (Å²) in [6, 6.07) is 0. The molecule has 1 fully saturated rings. The molecule has 1 aliphatic rings. The normalized spacial score (nSPS) is 23.2. The zero-order valence-corrected chi connectivity index (χ0v) is 10.0. The monoisotopic (exact) mass is 251 g/mol. The Bertz CT molecular complexity index is 425. The number of aliphatic hydroxyl groups is 1. The summed E-state index contributed by atoms with van der Waals surface area (Å²) in [5.74, 6) is -0.543. The molecule has 2 unspecified atom stereocenters. The molecule has 6 nitrogen and oxygen atoms in total. The maximum Gasteiger partial charge on any atom is 0.339 e. The number of aromatic nitrogens is 2. The predicted octanol–water partition coefficient (Wildman–Crippen LogP) is 0.425. The lowest BCUT2D eigenvalue weighted by Gasteiger charge is -2.11. The number of carbonyl (C=O) groups is 1. The Kier molecular flexibility index (Phi) is 4.22. The Hall–Kier alpha value is -1.53. The van der Waals surface area contributed by atoms with Crippen LogP contribution in [-0.4, -0.2) is 38.8 Å². The lowest BCUT2D eigenvalue weighted by molar-refractivity contribution is 0.0694. The highest BCUT2D eigenvalue weighted by Gasteiger charge is 2.22. The molecule has 0 bridgehead atoms. The van der Waals surface area contributed by atoms with Crippen LogP contribution in [0.4, 0.5) is 0 Å². The Labute approximate surface area is 105 Å². The lowest BCUT2D eigenvalue weighted by Crippen LogP contribution is -2.23. The van der Waals surface area contributed by atoms with Crippen molar-refractivity contribution in [3.05, 3.63) is 23.8 Å². The standard InChI is InChI=1S/C12H17N3O3/c16-9-2-1-8(3-9)4-13-6-11-10(12(17)18)5-14-7-15-11/h5,7-9,13,16H,1-4,6H2,(H,17,18). The van der Waals surface area contributed by atoms with E-state index in [0.29, 0.717) is 18.2 Å². The van der Waals surface area contributed by atoms with Crippen LogP contribution in [0, 0.1) is 5.92 Å². The molecule has 18 heavy (non-hydrogen) atoms. The molecule has 0 aliphatic heterocycles. The van der Waals surface area contributed by atoms with Gasteiger partial charge in [-0.05, 0) is 31.7 Å². The first kappa shape index (κ1) is 12.9. The largest absolute Gasteiger partial charge is 0.478 e.